The van der Waals surface area contributed by atoms with Gasteiger partial charge in [0.05, 0.1) is 12.1 Å². The van der Waals surface area contributed by atoms with Crippen molar-refractivity contribution in [3.63, 3.8) is 0 Å². The third-order valence-electron chi connectivity index (χ3n) is 2.90. The van der Waals surface area contributed by atoms with Crippen molar-refractivity contribution in [3.8, 4) is 0 Å². The highest BCUT2D eigenvalue weighted by Crippen LogP contribution is 2.18. The summed E-state index contributed by atoms with van der Waals surface area (Å²) in [5.74, 6) is 1.78. The van der Waals surface area contributed by atoms with Crippen molar-refractivity contribution in [1.29, 1.82) is 0 Å². The van der Waals surface area contributed by atoms with E-state index in [0.717, 1.165) is 24.7 Å². The molecule has 1 saturated heterocycles. The fraction of sp³-hybridized carbons (Fsp3) is 0.583. The average Bonchev–Trinajstić information content (AvgIpc) is 2.83. The minimum atomic E-state index is 0.308. The second-order valence-corrected chi connectivity index (χ2v) is 4.14. The quantitative estimate of drug-likeness (QED) is 0.817. The highest BCUT2D eigenvalue weighted by Gasteiger charge is 2.22. The monoisotopic (exact) mass is 221 g/mol. The molecule has 2 atom stereocenters. The Hall–Kier alpha value is -1.29. The number of hydrogen-bond donors (Lipinski definition) is 2. The molecule has 0 saturated carbocycles. The molecule has 1 aromatic rings. The van der Waals surface area contributed by atoms with E-state index in [4.69, 9.17) is 4.74 Å². The Morgan fingerprint density at radius 3 is 2.94 bits per heavy atom. The smallest absolute Gasteiger partial charge is 0.128 e. The van der Waals surface area contributed by atoms with Crippen LogP contribution in [0.3, 0.4) is 0 Å². The van der Waals surface area contributed by atoms with Gasteiger partial charge in [0.1, 0.15) is 11.6 Å². The van der Waals surface area contributed by atoms with Crippen LogP contribution in [-0.2, 0) is 4.74 Å². The molecule has 4 heteroatoms. The van der Waals surface area contributed by atoms with Gasteiger partial charge in [-0.2, -0.15) is 0 Å². The van der Waals surface area contributed by atoms with Crippen molar-refractivity contribution in [2.75, 3.05) is 24.3 Å². The van der Waals surface area contributed by atoms with Gasteiger partial charge in [-0.1, -0.05) is 6.07 Å². The van der Waals surface area contributed by atoms with E-state index < -0.39 is 0 Å². The zero-order chi connectivity index (χ0) is 11.4. The summed E-state index contributed by atoms with van der Waals surface area (Å²) in [5, 5.41) is 6.41. The molecule has 88 valence electrons. The van der Waals surface area contributed by atoms with Crippen molar-refractivity contribution >= 4 is 11.6 Å². The molecule has 0 aromatic carbocycles. The minimum absolute atomic E-state index is 0.308. The van der Waals surface area contributed by atoms with Crippen LogP contribution in [0.1, 0.15) is 19.8 Å². The Labute approximate surface area is 96.4 Å². The van der Waals surface area contributed by atoms with Gasteiger partial charge in [0.25, 0.3) is 0 Å². The van der Waals surface area contributed by atoms with Crippen LogP contribution >= 0.6 is 0 Å². The van der Waals surface area contributed by atoms with Crippen LogP contribution in [0.4, 0.5) is 11.6 Å². The van der Waals surface area contributed by atoms with E-state index in [0.29, 0.717) is 12.1 Å². The van der Waals surface area contributed by atoms with E-state index in [1.54, 1.807) is 0 Å². The predicted molar refractivity (Wildman–Crippen MR) is 65.8 cm³/mol. The molecule has 2 heterocycles. The summed E-state index contributed by atoms with van der Waals surface area (Å²) in [5.41, 5.74) is 0. The molecule has 0 spiro atoms. The lowest BCUT2D eigenvalue weighted by molar-refractivity contribution is 0.0995. The second kappa shape index (κ2) is 5.16. The summed E-state index contributed by atoms with van der Waals surface area (Å²) in [7, 11) is 1.87. The van der Waals surface area contributed by atoms with E-state index in [9.17, 15) is 0 Å². The first-order chi connectivity index (χ1) is 7.79. The Morgan fingerprint density at radius 1 is 1.44 bits per heavy atom. The first kappa shape index (κ1) is 11.2. The van der Waals surface area contributed by atoms with Gasteiger partial charge in [-0.05, 0) is 31.9 Å². The van der Waals surface area contributed by atoms with Crippen LogP contribution < -0.4 is 10.6 Å². The number of pyridine rings is 1. The number of anilines is 2. The largest absolute Gasteiger partial charge is 0.376 e. The molecule has 1 aliphatic rings. The van der Waals surface area contributed by atoms with E-state index in [1.165, 1.54) is 6.42 Å². The number of ether oxygens (including phenoxy) is 1. The van der Waals surface area contributed by atoms with E-state index >= 15 is 0 Å². The predicted octanol–water partition coefficient (Wildman–Crippen LogP) is 2.10. The van der Waals surface area contributed by atoms with Gasteiger partial charge in [0.2, 0.25) is 0 Å². The van der Waals surface area contributed by atoms with Crippen LogP contribution in [0.2, 0.25) is 0 Å². The highest BCUT2D eigenvalue weighted by atomic mass is 16.5. The van der Waals surface area contributed by atoms with Crippen LogP contribution in [0, 0.1) is 0 Å². The molecule has 0 aliphatic carbocycles. The molecule has 1 fully saturated rings. The van der Waals surface area contributed by atoms with Crippen molar-refractivity contribution in [2.45, 2.75) is 31.9 Å². The lowest BCUT2D eigenvalue weighted by Gasteiger charge is -2.20. The van der Waals surface area contributed by atoms with Crippen molar-refractivity contribution in [1.82, 2.24) is 4.98 Å². The molecule has 4 nitrogen and oxygen atoms in total. The first-order valence-electron chi connectivity index (χ1n) is 5.82. The van der Waals surface area contributed by atoms with Gasteiger partial charge in [0, 0.05) is 13.7 Å². The van der Waals surface area contributed by atoms with Crippen molar-refractivity contribution in [2.24, 2.45) is 0 Å². The maximum absolute atomic E-state index is 5.64. The molecule has 0 bridgehead atoms. The van der Waals surface area contributed by atoms with Crippen LogP contribution in [0.5, 0.6) is 0 Å². The molecular formula is C12H19N3O. The van der Waals surface area contributed by atoms with E-state index in [1.807, 2.05) is 25.2 Å². The molecule has 2 rings (SSSR count). The normalized spacial score (nSPS) is 21.8. The summed E-state index contributed by atoms with van der Waals surface area (Å²) >= 11 is 0. The van der Waals surface area contributed by atoms with Crippen LogP contribution in [0.25, 0.3) is 0 Å². The summed E-state index contributed by atoms with van der Waals surface area (Å²) in [4.78, 5) is 4.42. The van der Waals surface area contributed by atoms with Crippen molar-refractivity contribution in [3.05, 3.63) is 18.2 Å². The van der Waals surface area contributed by atoms with Gasteiger partial charge in [-0.3, -0.25) is 0 Å². The summed E-state index contributed by atoms with van der Waals surface area (Å²) < 4.78 is 5.64. The number of hydrogen-bond acceptors (Lipinski definition) is 4. The topological polar surface area (TPSA) is 46.2 Å². The molecule has 0 radical (unpaired) electrons. The zero-order valence-electron chi connectivity index (χ0n) is 9.86. The van der Waals surface area contributed by atoms with E-state index in [-0.39, 0.29) is 0 Å². The summed E-state index contributed by atoms with van der Waals surface area (Å²) in [6.07, 6.45) is 2.63. The van der Waals surface area contributed by atoms with Gasteiger partial charge >= 0.3 is 0 Å². The maximum Gasteiger partial charge on any atom is 0.128 e. The molecule has 0 amide bonds. The third kappa shape index (κ3) is 2.64. The molecule has 2 N–H and O–H groups in total. The average molecular weight is 221 g/mol. The molecule has 1 aromatic heterocycles. The number of nitrogens with one attached hydrogen (secondary N) is 2. The maximum atomic E-state index is 5.64. The Balaban J connectivity index is 1.96. The lowest BCUT2D eigenvalue weighted by atomic mass is 10.1. The number of nitrogens with zero attached hydrogens (tertiary/aromatic N) is 1. The van der Waals surface area contributed by atoms with Crippen LogP contribution in [-0.4, -0.2) is 30.8 Å². The minimum Gasteiger partial charge on any atom is -0.376 e. The van der Waals surface area contributed by atoms with Crippen molar-refractivity contribution < 1.29 is 4.74 Å². The van der Waals surface area contributed by atoms with E-state index in [2.05, 4.69) is 22.5 Å². The molecule has 16 heavy (non-hydrogen) atoms. The second-order valence-electron chi connectivity index (χ2n) is 4.14. The SMILES string of the molecule is CNc1cccc(NC(C)C2CCCO2)n1. The Morgan fingerprint density at radius 2 is 2.25 bits per heavy atom. The molecule has 2 unspecified atom stereocenters. The first-order valence-corrected chi connectivity index (χ1v) is 5.82. The molecular weight excluding hydrogens is 202 g/mol. The standard InChI is InChI=1S/C12H19N3O/c1-9(10-5-4-8-16-10)14-12-7-3-6-11(13-2)15-12/h3,6-7,9-10H,4-5,8H2,1-2H3,(H2,13,14,15). The fourth-order valence-electron chi connectivity index (χ4n) is 1.98. The van der Waals surface area contributed by atoms with Gasteiger partial charge in [0.15, 0.2) is 0 Å². The fourth-order valence-corrected chi connectivity index (χ4v) is 1.98. The van der Waals surface area contributed by atoms with Gasteiger partial charge < -0.3 is 15.4 Å². The third-order valence-corrected chi connectivity index (χ3v) is 2.90. The number of rotatable bonds is 4. The highest BCUT2D eigenvalue weighted by molar-refractivity contribution is 5.45. The summed E-state index contributed by atoms with van der Waals surface area (Å²) in [6, 6.07) is 6.22. The Kier molecular flexibility index (Phi) is 3.62. The van der Waals surface area contributed by atoms with Gasteiger partial charge in [-0.15, -0.1) is 0 Å². The number of aromatic nitrogens is 1. The van der Waals surface area contributed by atoms with Crippen LogP contribution in [0.15, 0.2) is 18.2 Å². The summed E-state index contributed by atoms with van der Waals surface area (Å²) in [6.45, 7) is 3.03. The van der Waals surface area contributed by atoms with Gasteiger partial charge in [-0.25, -0.2) is 4.98 Å². The lowest BCUT2D eigenvalue weighted by Crippen LogP contribution is -2.30. The zero-order valence-corrected chi connectivity index (χ0v) is 9.86. The Bertz CT molecular complexity index is 337. The molecule has 1 aliphatic heterocycles.